The van der Waals surface area contributed by atoms with E-state index in [9.17, 15) is 25.2 Å². The molecule has 0 spiro atoms. The van der Waals surface area contributed by atoms with Gasteiger partial charge in [-0.2, -0.15) is 0 Å². The summed E-state index contributed by atoms with van der Waals surface area (Å²) in [4.78, 5) is 17.9. The van der Waals surface area contributed by atoms with Crippen LogP contribution in [0.2, 0.25) is 0 Å². The lowest BCUT2D eigenvalue weighted by molar-refractivity contribution is -0.307. The first kappa shape index (κ1) is 42.3. The van der Waals surface area contributed by atoms with E-state index in [1.54, 1.807) is 58.1 Å². The maximum Gasteiger partial charge on any atom is 0.161 e. The number of hydrogen-bond acceptors (Lipinski definition) is 11. The third kappa shape index (κ3) is 8.68. The quantitative estimate of drug-likeness (QED) is 0.0995. The molecule has 2 saturated carbocycles. The number of allylic oxidation sites excluding steroid dienone is 5. The van der Waals surface area contributed by atoms with Crippen LogP contribution in [0, 0.1) is 28.6 Å². The smallest absolute Gasteiger partial charge is 0.161 e. The van der Waals surface area contributed by atoms with Gasteiger partial charge in [0.15, 0.2) is 17.3 Å². The Labute approximate surface area is 360 Å². The van der Waals surface area contributed by atoms with Gasteiger partial charge in [0.05, 0.1) is 31.0 Å². The summed E-state index contributed by atoms with van der Waals surface area (Å²) in [5, 5.41) is 48.2. The highest BCUT2D eigenvalue weighted by molar-refractivity contribution is 8.76. The van der Waals surface area contributed by atoms with E-state index in [-0.39, 0.29) is 46.9 Å². The largest absolute Gasteiger partial charge is 0.875 e. The van der Waals surface area contributed by atoms with E-state index in [1.807, 2.05) is 24.3 Å². The maximum atomic E-state index is 14.1. The highest BCUT2D eigenvalue weighted by atomic mass is 33.1. The van der Waals surface area contributed by atoms with Crippen LogP contribution in [-0.2, 0) is 23.4 Å². The zero-order chi connectivity index (χ0) is 42.0. The molecule has 3 aromatic carbocycles. The fourth-order valence-electron chi connectivity index (χ4n) is 10.2. The number of nitrogens with zero attached hydrogens (tertiary/aromatic N) is 1. The summed E-state index contributed by atoms with van der Waals surface area (Å²) >= 11 is 0. The lowest BCUT2D eigenvalue weighted by Gasteiger charge is -2.44. The van der Waals surface area contributed by atoms with Gasteiger partial charge in [-0.1, -0.05) is 77.1 Å². The van der Waals surface area contributed by atoms with Crippen molar-refractivity contribution in [3.05, 3.63) is 123 Å². The number of ether oxygens (including phenoxy) is 1. The first-order valence-corrected chi connectivity index (χ1v) is 23.7. The summed E-state index contributed by atoms with van der Waals surface area (Å²) in [6, 6.07) is 14.7. The number of ketones is 1. The lowest BCUT2D eigenvalue weighted by Crippen LogP contribution is -2.38. The number of benzene rings is 3. The molecule has 8 bridgehead atoms. The van der Waals surface area contributed by atoms with Gasteiger partial charge in [0.2, 0.25) is 0 Å². The van der Waals surface area contributed by atoms with E-state index in [1.165, 1.54) is 0 Å². The summed E-state index contributed by atoms with van der Waals surface area (Å²) in [5.41, 5.74) is 19.1. The van der Waals surface area contributed by atoms with Crippen molar-refractivity contribution in [2.24, 2.45) is 33.2 Å². The van der Waals surface area contributed by atoms with Gasteiger partial charge >= 0.3 is 0 Å². The van der Waals surface area contributed by atoms with Crippen molar-refractivity contribution in [1.29, 1.82) is 0 Å². The van der Waals surface area contributed by atoms with Crippen molar-refractivity contribution in [3.63, 3.8) is 0 Å². The molecular formula is C49H54N3O6S2-. The second-order valence-corrected chi connectivity index (χ2v) is 19.7. The number of nitrogens with two attached hydrogens (primary N) is 2. The average molecular weight is 845 g/mol. The number of phenolic OH excluding ortho intramolecular Hbond substituents is 2. The number of rotatable bonds is 3. The number of hydrogen-bond donors (Lipinski definition) is 5. The zero-order valence-corrected chi connectivity index (χ0v) is 35.8. The predicted molar refractivity (Wildman–Crippen MR) is 238 cm³/mol. The van der Waals surface area contributed by atoms with Crippen molar-refractivity contribution in [2.45, 2.75) is 101 Å². The fourth-order valence-corrected chi connectivity index (χ4v) is 13.0. The molecule has 5 aliphatic rings. The minimum Gasteiger partial charge on any atom is -0.875 e. The number of fused-ring (bicyclic) bond motifs is 7. The van der Waals surface area contributed by atoms with Gasteiger partial charge in [0, 0.05) is 53.0 Å². The van der Waals surface area contributed by atoms with E-state index in [0.717, 1.165) is 65.7 Å². The van der Waals surface area contributed by atoms with Crippen LogP contribution in [0.15, 0.2) is 89.3 Å². The predicted octanol–water partition coefficient (Wildman–Crippen LogP) is 7.79. The van der Waals surface area contributed by atoms with Crippen molar-refractivity contribution >= 4 is 33.1 Å². The number of aliphatic imine (C=N–C) groups is 1. The van der Waals surface area contributed by atoms with Gasteiger partial charge in [-0.05, 0) is 126 Å². The molecule has 9 nitrogen and oxygen atoms in total. The van der Waals surface area contributed by atoms with Crippen LogP contribution < -0.4 is 21.3 Å². The molecule has 0 radical (unpaired) electrons. The molecule has 0 aromatic heterocycles. The first-order chi connectivity index (χ1) is 29.0. The Balaban J connectivity index is 1.20. The van der Waals surface area contributed by atoms with Crippen LogP contribution >= 0.6 is 21.6 Å². The Kier molecular flexibility index (Phi) is 12.6. The summed E-state index contributed by atoms with van der Waals surface area (Å²) in [6.45, 7) is 2.45. The van der Waals surface area contributed by atoms with Crippen LogP contribution in [-0.4, -0.2) is 45.3 Å². The normalized spacial score (nSPS) is 26.9. The molecule has 0 saturated heterocycles. The fraction of sp³-hybridized carbons (Fsp3) is 0.429. The van der Waals surface area contributed by atoms with Gasteiger partial charge in [0.1, 0.15) is 5.75 Å². The SMILES string of the molecule is CCCC1CCC23CSSCc4cc5c(cc4C(N)N)C#CCC4=NC=CC4=C([O-])CC5c4cc(ccc4O)CCOc4cc(ccc4O)CCC(=O)C=CC1(CC2O)C3. The van der Waals surface area contributed by atoms with Crippen LogP contribution in [0.5, 0.6) is 17.2 Å². The molecule has 2 heterocycles. The molecule has 3 aliphatic carbocycles. The molecule has 8 rings (SSSR count). The average Bonchev–Trinajstić information content (AvgIpc) is 3.79. The Morgan fingerprint density at radius 1 is 1.02 bits per heavy atom. The van der Waals surface area contributed by atoms with Gasteiger partial charge in [-0.3, -0.25) is 9.79 Å². The summed E-state index contributed by atoms with van der Waals surface area (Å²) in [6.07, 6.45) is 13.3. The second kappa shape index (κ2) is 17.9. The third-order valence-electron chi connectivity index (χ3n) is 13.4. The van der Waals surface area contributed by atoms with E-state index < -0.39 is 18.2 Å². The summed E-state index contributed by atoms with van der Waals surface area (Å²) in [5.74, 6) is 8.16. The van der Waals surface area contributed by atoms with Gasteiger partial charge in [-0.25, -0.2) is 0 Å². The van der Waals surface area contributed by atoms with Gasteiger partial charge in [-0.15, -0.1) is 5.76 Å². The summed E-state index contributed by atoms with van der Waals surface area (Å²) < 4.78 is 6.13. The maximum absolute atomic E-state index is 14.1. The van der Waals surface area contributed by atoms with Crippen molar-refractivity contribution < 1.29 is 30.0 Å². The minimum absolute atomic E-state index is 0.0122. The number of carbonyl (C=O) groups is 1. The number of phenols is 2. The third-order valence-corrected chi connectivity index (χ3v) is 15.9. The van der Waals surface area contributed by atoms with Crippen LogP contribution in [0.1, 0.15) is 116 Å². The number of aliphatic hydroxyl groups is 1. The number of aliphatic hydroxyl groups excluding tert-OH is 1. The number of carbonyl (C=O) groups excluding carboxylic acids is 1. The molecule has 0 amide bonds. The van der Waals surface area contributed by atoms with Crippen molar-refractivity contribution in [2.75, 3.05) is 12.4 Å². The Hall–Kier alpha value is -4.44. The molecule has 7 N–H and O–H groups in total. The van der Waals surface area contributed by atoms with Crippen molar-refractivity contribution in [3.8, 4) is 29.1 Å². The standard InChI is InChI=1S/C49H55N3O6S2/c1-2-4-34-13-17-49-28-48(34,26-46(49)57)18-14-35(53)10-7-30-9-12-43(55)45(22-30)58-20-16-31-8-11-42(54)40(21-31)39-25-44(56)36-15-19-52-41(36)6-3-5-32-23-38(47(50)51)33(24-37(32)39)27-59-60-29-49/h8-9,11-12,14-15,18-19,21-24,34,39,46-47,54-57H,2,4,6-7,10,13,16-17,20,25-29,50-51H2,1H3/p-1. The van der Waals surface area contributed by atoms with Crippen LogP contribution in [0.4, 0.5) is 0 Å². The zero-order valence-electron chi connectivity index (χ0n) is 34.1. The van der Waals surface area contributed by atoms with Gasteiger partial charge < -0.3 is 36.6 Å². The van der Waals surface area contributed by atoms with Crippen LogP contribution in [0.25, 0.3) is 0 Å². The lowest BCUT2D eigenvalue weighted by atomic mass is 9.62. The Morgan fingerprint density at radius 2 is 1.83 bits per heavy atom. The molecule has 3 aromatic rings. The second-order valence-electron chi connectivity index (χ2n) is 17.3. The van der Waals surface area contributed by atoms with E-state index in [2.05, 4.69) is 35.9 Å². The molecule has 5 atom stereocenters. The van der Waals surface area contributed by atoms with E-state index >= 15 is 0 Å². The molecule has 314 valence electrons. The molecule has 2 fully saturated rings. The molecule has 2 aliphatic heterocycles. The number of aromatic hydroxyl groups is 2. The highest BCUT2D eigenvalue weighted by Gasteiger charge is 2.58. The van der Waals surface area contributed by atoms with Crippen LogP contribution in [0.3, 0.4) is 0 Å². The number of aryl methyl sites for hydroxylation is 1. The summed E-state index contributed by atoms with van der Waals surface area (Å²) in [7, 11) is 3.46. The van der Waals surface area contributed by atoms with E-state index in [0.29, 0.717) is 71.9 Å². The monoisotopic (exact) mass is 844 g/mol. The van der Waals surface area contributed by atoms with E-state index in [4.69, 9.17) is 16.2 Å². The Morgan fingerprint density at radius 3 is 2.65 bits per heavy atom. The molecule has 5 unspecified atom stereocenters. The molecule has 60 heavy (non-hydrogen) atoms. The molecule has 11 heteroatoms. The topological polar surface area (TPSA) is 174 Å². The molecular weight excluding hydrogens is 791 g/mol. The minimum atomic E-state index is -0.774. The van der Waals surface area contributed by atoms with Gasteiger partial charge in [0.25, 0.3) is 0 Å². The highest BCUT2D eigenvalue weighted by Crippen LogP contribution is 2.64. The Bertz CT molecular complexity index is 2340. The first-order valence-electron chi connectivity index (χ1n) is 21.2. The van der Waals surface area contributed by atoms with Crippen molar-refractivity contribution in [1.82, 2.24) is 0 Å².